The van der Waals surface area contributed by atoms with Crippen LogP contribution in [0.15, 0.2) is 5.38 Å². The third kappa shape index (κ3) is 2.15. The molecule has 1 rings (SSSR count). The Bertz CT molecular complexity index is 186. The molecule has 0 unspecified atom stereocenters. The summed E-state index contributed by atoms with van der Waals surface area (Å²) in [5.41, 5.74) is 0. The van der Waals surface area contributed by atoms with E-state index in [2.05, 4.69) is 28.3 Å². The number of rotatable bonds is 4. The van der Waals surface area contributed by atoms with Gasteiger partial charge >= 0.3 is 0 Å². The van der Waals surface area contributed by atoms with Crippen LogP contribution in [0.4, 0.5) is 5.82 Å². The highest BCUT2D eigenvalue weighted by molar-refractivity contribution is 7.03. The molecule has 0 aliphatic heterocycles. The molecule has 0 aliphatic rings. The molecular formula is C7H13N3S. The van der Waals surface area contributed by atoms with Crippen molar-refractivity contribution in [2.75, 3.05) is 18.0 Å². The second kappa shape index (κ2) is 4.28. The van der Waals surface area contributed by atoms with E-state index in [0.717, 1.165) is 25.3 Å². The van der Waals surface area contributed by atoms with Gasteiger partial charge in [0.15, 0.2) is 5.82 Å². The molecule has 0 radical (unpaired) electrons. The molecule has 0 saturated heterocycles. The molecule has 62 valence electrons. The lowest BCUT2D eigenvalue weighted by Gasteiger charge is -2.17. The third-order valence-corrected chi connectivity index (χ3v) is 2.04. The van der Waals surface area contributed by atoms with E-state index < -0.39 is 0 Å². The van der Waals surface area contributed by atoms with Gasteiger partial charge in [0, 0.05) is 13.1 Å². The summed E-state index contributed by atoms with van der Waals surface area (Å²) in [6.45, 7) is 6.39. The molecule has 0 bridgehead atoms. The predicted molar refractivity (Wildman–Crippen MR) is 48.1 cm³/mol. The molecule has 1 heterocycles. The van der Waals surface area contributed by atoms with Crippen molar-refractivity contribution >= 4 is 17.4 Å². The molecule has 0 amide bonds. The van der Waals surface area contributed by atoms with Crippen LogP contribution in [-0.4, -0.2) is 22.7 Å². The van der Waals surface area contributed by atoms with Crippen LogP contribution in [0.1, 0.15) is 20.3 Å². The van der Waals surface area contributed by atoms with Crippen molar-refractivity contribution < 1.29 is 0 Å². The van der Waals surface area contributed by atoms with Crippen molar-refractivity contribution in [2.24, 2.45) is 0 Å². The van der Waals surface area contributed by atoms with Crippen LogP contribution in [0.3, 0.4) is 0 Å². The van der Waals surface area contributed by atoms with Crippen LogP contribution in [0.5, 0.6) is 0 Å². The summed E-state index contributed by atoms with van der Waals surface area (Å²) in [7, 11) is 0. The maximum atomic E-state index is 4.00. The van der Waals surface area contributed by atoms with Crippen molar-refractivity contribution in [3.8, 4) is 0 Å². The Labute approximate surface area is 71.2 Å². The van der Waals surface area contributed by atoms with Crippen LogP contribution in [0.2, 0.25) is 0 Å². The van der Waals surface area contributed by atoms with E-state index >= 15 is 0 Å². The zero-order valence-corrected chi connectivity index (χ0v) is 7.77. The Balaban J connectivity index is 2.56. The molecule has 1 aromatic heterocycles. The quantitative estimate of drug-likeness (QED) is 0.691. The SMILES string of the molecule is CCCN(CC)c1csnn1. The molecule has 0 N–H and O–H groups in total. The summed E-state index contributed by atoms with van der Waals surface area (Å²) in [5, 5.41) is 5.99. The average molecular weight is 171 g/mol. The number of hydrogen-bond donors (Lipinski definition) is 0. The van der Waals surface area contributed by atoms with Gasteiger partial charge in [0.2, 0.25) is 0 Å². The lowest BCUT2D eigenvalue weighted by Crippen LogP contribution is -2.23. The Hall–Kier alpha value is -0.640. The zero-order chi connectivity index (χ0) is 8.10. The van der Waals surface area contributed by atoms with E-state index in [4.69, 9.17) is 0 Å². The molecule has 4 heteroatoms. The second-order valence-corrected chi connectivity index (χ2v) is 2.95. The highest BCUT2D eigenvalue weighted by Crippen LogP contribution is 2.10. The molecule has 0 spiro atoms. The fourth-order valence-corrected chi connectivity index (χ4v) is 1.47. The lowest BCUT2D eigenvalue weighted by molar-refractivity contribution is 0.776. The van der Waals surface area contributed by atoms with Crippen LogP contribution in [0.25, 0.3) is 0 Å². The molecule has 0 atom stereocenters. The Morgan fingerprint density at radius 1 is 1.55 bits per heavy atom. The highest BCUT2D eigenvalue weighted by atomic mass is 32.1. The number of hydrogen-bond acceptors (Lipinski definition) is 4. The van der Waals surface area contributed by atoms with Crippen LogP contribution in [0, 0.1) is 0 Å². The topological polar surface area (TPSA) is 29.0 Å². The largest absolute Gasteiger partial charge is 0.355 e. The molecule has 11 heavy (non-hydrogen) atoms. The van der Waals surface area contributed by atoms with Gasteiger partial charge < -0.3 is 4.90 Å². The average Bonchev–Trinajstić information content (AvgIpc) is 2.52. The van der Waals surface area contributed by atoms with Gasteiger partial charge in [-0.15, -0.1) is 5.10 Å². The van der Waals surface area contributed by atoms with Crippen molar-refractivity contribution in [2.45, 2.75) is 20.3 Å². The van der Waals surface area contributed by atoms with Gasteiger partial charge in [0.05, 0.1) is 5.38 Å². The van der Waals surface area contributed by atoms with Crippen LogP contribution in [-0.2, 0) is 0 Å². The van der Waals surface area contributed by atoms with E-state index in [1.54, 1.807) is 0 Å². The van der Waals surface area contributed by atoms with E-state index in [1.807, 2.05) is 5.38 Å². The van der Waals surface area contributed by atoms with Gasteiger partial charge in [-0.2, -0.15) is 0 Å². The fraction of sp³-hybridized carbons (Fsp3) is 0.714. The van der Waals surface area contributed by atoms with E-state index in [9.17, 15) is 0 Å². The van der Waals surface area contributed by atoms with Crippen molar-refractivity contribution in [3.63, 3.8) is 0 Å². The van der Waals surface area contributed by atoms with Crippen molar-refractivity contribution in [1.29, 1.82) is 0 Å². The molecule has 0 aromatic carbocycles. The molecule has 3 nitrogen and oxygen atoms in total. The fourth-order valence-electron chi connectivity index (χ4n) is 1.00. The molecule has 1 aromatic rings. The summed E-state index contributed by atoms with van der Waals surface area (Å²) in [6, 6.07) is 0. The van der Waals surface area contributed by atoms with Gasteiger partial charge in [-0.25, -0.2) is 0 Å². The summed E-state index contributed by atoms with van der Waals surface area (Å²) in [5.74, 6) is 1.01. The first-order chi connectivity index (χ1) is 5.38. The third-order valence-electron chi connectivity index (χ3n) is 1.55. The maximum Gasteiger partial charge on any atom is 0.163 e. The van der Waals surface area contributed by atoms with Crippen molar-refractivity contribution in [3.05, 3.63) is 5.38 Å². The summed E-state index contributed by atoms with van der Waals surface area (Å²) in [6.07, 6.45) is 1.16. The first-order valence-electron chi connectivity index (χ1n) is 3.90. The van der Waals surface area contributed by atoms with E-state index in [1.165, 1.54) is 11.5 Å². The smallest absolute Gasteiger partial charge is 0.163 e. The van der Waals surface area contributed by atoms with Crippen LogP contribution < -0.4 is 4.90 Å². The molecule has 0 fully saturated rings. The minimum Gasteiger partial charge on any atom is -0.355 e. The van der Waals surface area contributed by atoms with Gasteiger partial charge in [0.25, 0.3) is 0 Å². The summed E-state index contributed by atoms with van der Waals surface area (Å²) in [4.78, 5) is 2.23. The van der Waals surface area contributed by atoms with E-state index in [0.29, 0.717) is 0 Å². The monoisotopic (exact) mass is 171 g/mol. The Kier molecular flexibility index (Phi) is 3.29. The standard InChI is InChI=1S/C7H13N3S/c1-3-5-10(4-2)7-6-11-9-8-7/h6H,3-5H2,1-2H3. The minimum atomic E-state index is 1.01. The first-order valence-corrected chi connectivity index (χ1v) is 4.74. The number of nitrogens with zero attached hydrogens (tertiary/aromatic N) is 3. The van der Waals surface area contributed by atoms with Gasteiger partial charge in [0.1, 0.15) is 0 Å². The van der Waals surface area contributed by atoms with Gasteiger partial charge in [-0.05, 0) is 24.9 Å². The highest BCUT2D eigenvalue weighted by Gasteiger charge is 2.03. The maximum absolute atomic E-state index is 4.00. The molecule has 0 aliphatic carbocycles. The van der Waals surface area contributed by atoms with E-state index in [-0.39, 0.29) is 0 Å². The predicted octanol–water partition coefficient (Wildman–Crippen LogP) is 1.77. The number of aromatic nitrogens is 2. The second-order valence-electron chi connectivity index (χ2n) is 2.34. The lowest BCUT2D eigenvalue weighted by atomic mass is 10.4. The summed E-state index contributed by atoms with van der Waals surface area (Å²) < 4.78 is 3.82. The Morgan fingerprint density at radius 2 is 2.36 bits per heavy atom. The molecule has 0 saturated carbocycles. The summed E-state index contributed by atoms with van der Waals surface area (Å²) >= 11 is 1.41. The Morgan fingerprint density at radius 3 is 2.82 bits per heavy atom. The van der Waals surface area contributed by atoms with Gasteiger partial charge in [-0.1, -0.05) is 11.4 Å². The normalized spacial score (nSPS) is 10.0. The van der Waals surface area contributed by atoms with Gasteiger partial charge in [-0.3, -0.25) is 0 Å². The molecular weight excluding hydrogens is 158 g/mol. The number of anilines is 1. The first kappa shape index (κ1) is 8.46. The van der Waals surface area contributed by atoms with Crippen LogP contribution >= 0.6 is 11.5 Å². The van der Waals surface area contributed by atoms with Crippen molar-refractivity contribution in [1.82, 2.24) is 9.59 Å². The zero-order valence-electron chi connectivity index (χ0n) is 6.95. The minimum absolute atomic E-state index is 1.01.